The number of nitrogens with one attached hydrogen (secondary N) is 1. The Bertz CT molecular complexity index is 400. The van der Waals surface area contributed by atoms with Crippen molar-refractivity contribution >= 4 is 17.6 Å². The predicted molar refractivity (Wildman–Crippen MR) is 55.2 cm³/mol. The smallest absolute Gasteiger partial charge is 0.326 e. The van der Waals surface area contributed by atoms with E-state index in [1.165, 1.54) is 4.90 Å². The van der Waals surface area contributed by atoms with Crippen LogP contribution in [0.1, 0.15) is 5.56 Å². The van der Waals surface area contributed by atoms with Crippen LogP contribution in [0.5, 0.6) is 0 Å². The Hall–Kier alpha value is -1.88. The van der Waals surface area contributed by atoms with Crippen molar-refractivity contribution in [3.05, 3.63) is 29.8 Å². The molecule has 5 heteroatoms. The third-order valence-electron chi connectivity index (χ3n) is 2.28. The van der Waals surface area contributed by atoms with E-state index in [0.717, 1.165) is 5.56 Å². The van der Waals surface area contributed by atoms with Crippen LogP contribution in [0.3, 0.4) is 0 Å². The standard InChI is InChI=1S/C10H11N3O2/c11-5-7-1-3-8(4-2-7)13-6-9(14)12-10(13)15/h1-4H,5-6,11H2,(H,12,14,15). The van der Waals surface area contributed by atoms with E-state index in [2.05, 4.69) is 5.32 Å². The maximum absolute atomic E-state index is 11.3. The number of carbonyl (C=O) groups is 2. The molecule has 15 heavy (non-hydrogen) atoms. The fourth-order valence-corrected chi connectivity index (χ4v) is 1.46. The summed E-state index contributed by atoms with van der Waals surface area (Å²) in [4.78, 5) is 23.7. The number of hydrogen-bond donors (Lipinski definition) is 2. The molecule has 1 aromatic carbocycles. The van der Waals surface area contributed by atoms with E-state index in [1.54, 1.807) is 12.1 Å². The number of anilines is 1. The summed E-state index contributed by atoms with van der Waals surface area (Å²) in [5.41, 5.74) is 7.15. The normalized spacial score (nSPS) is 15.7. The SMILES string of the molecule is NCc1ccc(N2CC(=O)NC2=O)cc1. The molecule has 5 nitrogen and oxygen atoms in total. The summed E-state index contributed by atoms with van der Waals surface area (Å²) < 4.78 is 0. The van der Waals surface area contributed by atoms with Gasteiger partial charge in [0.15, 0.2) is 0 Å². The summed E-state index contributed by atoms with van der Waals surface area (Å²) in [6.07, 6.45) is 0. The number of carbonyl (C=O) groups excluding carboxylic acids is 2. The molecular formula is C10H11N3O2. The minimum Gasteiger partial charge on any atom is -0.326 e. The molecule has 0 saturated carbocycles. The minimum absolute atomic E-state index is 0.0841. The van der Waals surface area contributed by atoms with Gasteiger partial charge in [0.2, 0.25) is 5.91 Å². The van der Waals surface area contributed by atoms with Crippen molar-refractivity contribution in [1.29, 1.82) is 0 Å². The highest BCUT2D eigenvalue weighted by atomic mass is 16.2. The maximum atomic E-state index is 11.3. The first-order valence-electron chi connectivity index (χ1n) is 4.61. The van der Waals surface area contributed by atoms with E-state index in [-0.39, 0.29) is 18.5 Å². The molecule has 1 aliphatic rings. The van der Waals surface area contributed by atoms with Crippen molar-refractivity contribution in [3.63, 3.8) is 0 Å². The van der Waals surface area contributed by atoms with Crippen LogP contribution >= 0.6 is 0 Å². The Balaban J connectivity index is 2.22. The Morgan fingerprint density at radius 2 is 1.93 bits per heavy atom. The zero-order valence-corrected chi connectivity index (χ0v) is 8.06. The molecule has 1 aliphatic heterocycles. The van der Waals surface area contributed by atoms with E-state index in [0.29, 0.717) is 12.2 Å². The van der Waals surface area contributed by atoms with Crippen LogP contribution in [0.15, 0.2) is 24.3 Å². The van der Waals surface area contributed by atoms with Gasteiger partial charge in [-0.1, -0.05) is 12.1 Å². The predicted octanol–water partition coefficient (Wildman–Crippen LogP) is 0.202. The molecule has 0 aliphatic carbocycles. The number of nitrogens with two attached hydrogens (primary N) is 1. The van der Waals surface area contributed by atoms with Crippen molar-refractivity contribution in [2.24, 2.45) is 5.73 Å². The molecule has 1 heterocycles. The lowest BCUT2D eigenvalue weighted by atomic mass is 10.2. The summed E-state index contributed by atoms with van der Waals surface area (Å²) >= 11 is 0. The van der Waals surface area contributed by atoms with Crippen LogP contribution in [0.2, 0.25) is 0 Å². The van der Waals surface area contributed by atoms with Crippen molar-refractivity contribution in [2.75, 3.05) is 11.4 Å². The minimum atomic E-state index is -0.375. The van der Waals surface area contributed by atoms with Gasteiger partial charge in [-0.2, -0.15) is 0 Å². The van der Waals surface area contributed by atoms with Gasteiger partial charge >= 0.3 is 6.03 Å². The average molecular weight is 205 g/mol. The number of imide groups is 1. The summed E-state index contributed by atoms with van der Waals surface area (Å²) in [7, 11) is 0. The lowest BCUT2D eigenvalue weighted by Gasteiger charge is -2.13. The van der Waals surface area contributed by atoms with Crippen LogP contribution in [-0.4, -0.2) is 18.5 Å². The van der Waals surface area contributed by atoms with Crippen molar-refractivity contribution in [2.45, 2.75) is 6.54 Å². The van der Waals surface area contributed by atoms with Crippen LogP contribution in [0.4, 0.5) is 10.5 Å². The number of nitrogens with zero attached hydrogens (tertiary/aromatic N) is 1. The Morgan fingerprint density at radius 3 is 2.40 bits per heavy atom. The number of benzene rings is 1. The number of urea groups is 1. The summed E-state index contributed by atoms with van der Waals surface area (Å²) in [5.74, 6) is -0.275. The zero-order valence-electron chi connectivity index (χ0n) is 8.06. The van der Waals surface area contributed by atoms with E-state index in [4.69, 9.17) is 5.73 Å². The van der Waals surface area contributed by atoms with Gasteiger partial charge < -0.3 is 5.73 Å². The van der Waals surface area contributed by atoms with Gasteiger partial charge in [-0.25, -0.2) is 4.79 Å². The van der Waals surface area contributed by atoms with Gasteiger partial charge in [-0.3, -0.25) is 15.0 Å². The molecule has 78 valence electrons. The van der Waals surface area contributed by atoms with E-state index in [9.17, 15) is 9.59 Å². The first-order valence-corrected chi connectivity index (χ1v) is 4.61. The molecule has 0 unspecified atom stereocenters. The van der Waals surface area contributed by atoms with E-state index in [1.807, 2.05) is 12.1 Å². The molecule has 0 aromatic heterocycles. The van der Waals surface area contributed by atoms with Gasteiger partial charge in [0.25, 0.3) is 0 Å². The van der Waals surface area contributed by atoms with Crippen LogP contribution < -0.4 is 16.0 Å². The third-order valence-corrected chi connectivity index (χ3v) is 2.28. The van der Waals surface area contributed by atoms with Gasteiger partial charge in [0, 0.05) is 12.2 Å². The second-order valence-electron chi connectivity index (χ2n) is 3.31. The summed E-state index contributed by atoms with van der Waals surface area (Å²) in [6.45, 7) is 0.548. The molecule has 2 rings (SSSR count). The quantitative estimate of drug-likeness (QED) is 0.677. The van der Waals surface area contributed by atoms with Gasteiger partial charge in [-0.05, 0) is 17.7 Å². The number of hydrogen-bond acceptors (Lipinski definition) is 3. The first-order chi connectivity index (χ1) is 7.20. The van der Waals surface area contributed by atoms with Gasteiger partial charge in [0.1, 0.15) is 6.54 Å². The van der Waals surface area contributed by atoms with Crippen molar-refractivity contribution < 1.29 is 9.59 Å². The van der Waals surface area contributed by atoms with Crippen LogP contribution in [-0.2, 0) is 11.3 Å². The molecule has 1 saturated heterocycles. The first kappa shape index (κ1) is 9.67. The Labute approximate surface area is 86.9 Å². The Morgan fingerprint density at radius 1 is 1.27 bits per heavy atom. The van der Waals surface area contributed by atoms with Crippen LogP contribution in [0, 0.1) is 0 Å². The van der Waals surface area contributed by atoms with Gasteiger partial charge in [0.05, 0.1) is 0 Å². The lowest BCUT2D eigenvalue weighted by molar-refractivity contribution is -0.117. The van der Waals surface area contributed by atoms with E-state index >= 15 is 0 Å². The molecule has 3 amide bonds. The molecule has 0 atom stereocenters. The molecule has 0 spiro atoms. The monoisotopic (exact) mass is 205 g/mol. The number of rotatable bonds is 2. The average Bonchev–Trinajstić information content (AvgIpc) is 2.58. The highest BCUT2D eigenvalue weighted by Crippen LogP contribution is 2.17. The molecule has 1 fully saturated rings. The lowest BCUT2D eigenvalue weighted by Crippen LogP contribution is -2.27. The maximum Gasteiger partial charge on any atom is 0.329 e. The van der Waals surface area contributed by atoms with Crippen molar-refractivity contribution in [3.8, 4) is 0 Å². The van der Waals surface area contributed by atoms with Gasteiger partial charge in [-0.15, -0.1) is 0 Å². The highest BCUT2D eigenvalue weighted by Gasteiger charge is 2.27. The molecule has 0 radical (unpaired) electrons. The second kappa shape index (κ2) is 3.70. The third kappa shape index (κ3) is 1.82. The fraction of sp³-hybridized carbons (Fsp3) is 0.200. The fourth-order valence-electron chi connectivity index (χ4n) is 1.46. The molecule has 1 aromatic rings. The summed E-state index contributed by atoms with van der Waals surface area (Å²) in [5, 5.41) is 2.22. The second-order valence-corrected chi connectivity index (χ2v) is 3.31. The molecule has 3 N–H and O–H groups in total. The highest BCUT2D eigenvalue weighted by molar-refractivity contribution is 6.12. The van der Waals surface area contributed by atoms with Crippen molar-refractivity contribution in [1.82, 2.24) is 5.32 Å². The Kier molecular flexibility index (Phi) is 2.39. The zero-order chi connectivity index (χ0) is 10.8. The molecule has 0 bridgehead atoms. The topological polar surface area (TPSA) is 75.4 Å². The summed E-state index contributed by atoms with van der Waals surface area (Å²) in [6, 6.07) is 6.86. The van der Waals surface area contributed by atoms with Crippen LogP contribution in [0.25, 0.3) is 0 Å². The molecular weight excluding hydrogens is 194 g/mol. The largest absolute Gasteiger partial charge is 0.329 e. The number of amides is 3. The van der Waals surface area contributed by atoms with E-state index < -0.39 is 0 Å².